The molecule has 0 heterocycles. The summed E-state index contributed by atoms with van der Waals surface area (Å²) in [6, 6.07) is 11.1. The number of ether oxygens (including phenoxy) is 2. The molecule has 0 bridgehead atoms. The molecule has 2 aromatic rings. The van der Waals surface area contributed by atoms with Gasteiger partial charge < -0.3 is 14.8 Å². The topological polar surface area (TPSA) is 93.7 Å². The van der Waals surface area contributed by atoms with E-state index < -0.39 is 22.5 Å². The molecule has 0 aromatic heterocycles. The van der Waals surface area contributed by atoms with Crippen molar-refractivity contribution in [1.29, 1.82) is 0 Å². The van der Waals surface area contributed by atoms with Crippen molar-refractivity contribution >= 4 is 37.5 Å². The van der Waals surface area contributed by atoms with Crippen molar-refractivity contribution in [2.75, 3.05) is 26.1 Å². The molecular weight excluding hydrogens is 412 g/mol. The van der Waals surface area contributed by atoms with Crippen LogP contribution in [0, 0.1) is 0 Å². The molecule has 0 atom stereocenters. The Kier molecular flexibility index (Phi) is 6.40. The number of nitrogens with one attached hydrogen (secondary N) is 2. The number of carbonyl (C=O) groups excluding carboxylic acids is 1. The highest BCUT2D eigenvalue weighted by Gasteiger charge is 2.18. The Morgan fingerprint density at radius 2 is 1.68 bits per heavy atom. The van der Waals surface area contributed by atoms with Crippen LogP contribution in [0.2, 0.25) is 0 Å². The van der Waals surface area contributed by atoms with Gasteiger partial charge in [0.05, 0.1) is 25.7 Å². The van der Waals surface area contributed by atoms with Crippen LogP contribution in [0.1, 0.15) is 0 Å². The number of amides is 1. The molecule has 0 aliphatic rings. The van der Waals surface area contributed by atoms with Crippen LogP contribution in [0.3, 0.4) is 0 Å². The second kappa shape index (κ2) is 8.32. The number of hydrogen-bond acceptors (Lipinski definition) is 5. The molecule has 0 unspecified atom stereocenters. The van der Waals surface area contributed by atoms with Gasteiger partial charge in [0.25, 0.3) is 0 Å². The van der Waals surface area contributed by atoms with E-state index in [1.165, 1.54) is 32.4 Å². The fourth-order valence-electron chi connectivity index (χ4n) is 1.97. The molecule has 0 spiro atoms. The first-order valence-electron chi connectivity index (χ1n) is 7.13. The highest BCUT2D eigenvalue weighted by molar-refractivity contribution is 9.10. The Morgan fingerprint density at radius 1 is 1.04 bits per heavy atom. The molecule has 1 amide bonds. The molecule has 2 rings (SSSR count). The summed E-state index contributed by atoms with van der Waals surface area (Å²) < 4.78 is 37.9. The second-order valence-corrected chi connectivity index (χ2v) is 7.58. The summed E-state index contributed by atoms with van der Waals surface area (Å²) in [6.07, 6.45) is 0. The van der Waals surface area contributed by atoms with Gasteiger partial charge in [0, 0.05) is 16.2 Å². The third-order valence-electron chi connectivity index (χ3n) is 3.22. The zero-order valence-electron chi connectivity index (χ0n) is 13.6. The third-order valence-corrected chi connectivity index (χ3v) is 5.14. The van der Waals surface area contributed by atoms with Crippen LogP contribution in [0.5, 0.6) is 11.5 Å². The van der Waals surface area contributed by atoms with Crippen LogP contribution < -0.4 is 19.5 Å². The van der Waals surface area contributed by atoms with Crippen LogP contribution in [-0.2, 0) is 14.8 Å². The van der Waals surface area contributed by atoms with Gasteiger partial charge >= 0.3 is 0 Å². The van der Waals surface area contributed by atoms with Crippen molar-refractivity contribution in [2.24, 2.45) is 0 Å². The molecule has 0 saturated heterocycles. The quantitative estimate of drug-likeness (QED) is 0.705. The average Bonchev–Trinajstić information content (AvgIpc) is 2.61. The minimum atomic E-state index is -3.87. The van der Waals surface area contributed by atoms with Gasteiger partial charge in [-0.25, -0.2) is 13.1 Å². The maximum atomic E-state index is 12.3. The first-order valence-corrected chi connectivity index (χ1v) is 9.40. The number of methoxy groups -OCH3 is 2. The summed E-state index contributed by atoms with van der Waals surface area (Å²) in [5.41, 5.74) is 0.568. The summed E-state index contributed by atoms with van der Waals surface area (Å²) >= 11 is 3.29. The van der Waals surface area contributed by atoms with Gasteiger partial charge in [-0.1, -0.05) is 15.9 Å². The molecule has 9 heteroatoms. The number of halogens is 1. The smallest absolute Gasteiger partial charge is 0.241 e. The van der Waals surface area contributed by atoms with Crippen LogP contribution in [0.15, 0.2) is 51.8 Å². The van der Waals surface area contributed by atoms with E-state index in [9.17, 15) is 13.2 Å². The van der Waals surface area contributed by atoms with E-state index in [1.54, 1.807) is 24.3 Å². The lowest BCUT2D eigenvalue weighted by molar-refractivity contribution is -0.115. The molecule has 2 aromatic carbocycles. The molecule has 0 radical (unpaired) electrons. The number of hydrogen-bond donors (Lipinski definition) is 2. The molecule has 2 N–H and O–H groups in total. The molecule has 0 fully saturated rings. The highest BCUT2D eigenvalue weighted by Crippen LogP contribution is 2.29. The lowest BCUT2D eigenvalue weighted by Crippen LogP contribution is -2.32. The van der Waals surface area contributed by atoms with E-state index in [2.05, 4.69) is 26.0 Å². The minimum absolute atomic E-state index is 0.0263. The first kappa shape index (κ1) is 19.2. The zero-order valence-corrected chi connectivity index (χ0v) is 16.0. The van der Waals surface area contributed by atoms with Crippen molar-refractivity contribution in [3.8, 4) is 11.5 Å². The van der Waals surface area contributed by atoms with Gasteiger partial charge in [-0.3, -0.25) is 4.79 Å². The maximum absolute atomic E-state index is 12.3. The fraction of sp³-hybridized carbons (Fsp3) is 0.188. The average molecular weight is 429 g/mol. The van der Waals surface area contributed by atoms with Crippen LogP contribution in [-0.4, -0.2) is 35.1 Å². The maximum Gasteiger partial charge on any atom is 0.241 e. The summed E-state index contributed by atoms with van der Waals surface area (Å²) in [5, 5.41) is 2.60. The summed E-state index contributed by atoms with van der Waals surface area (Å²) in [4.78, 5) is 11.9. The standard InChI is InChI=1S/C16H17BrN2O5S/c1-23-14-8-7-13(9-15(14)24-2)25(21,22)18-10-16(20)19-12-5-3-11(17)4-6-12/h3-9,18H,10H2,1-2H3,(H,19,20). The fourth-order valence-corrected chi connectivity index (χ4v) is 3.23. The number of carbonyl (C=O) groups is 1. The van der Waals surface area contributed by atoms with E-state index in [1.807, 2.05) is 0 Å². The lowest BCUT2D eigenvalue weighted by atomic mass is 10.3. The van der Waals surface area contributed by atoms with Crippen molar-refractivity contribution in [3.05, 3.63) is 46.9 Å². The Balaban J connectivity index is 2.03. The van der Waals surface area contributed by atoms with Crippen LogP contribution in [0.4, 0.5) is 5.69 Å². The summed E-state index contributed by atoms with van der Waals surface area (Å²) in [5.74, 6) is 0.213. The number of benzene rings is 2. The molecular formula is C16H17BrN2O5S. The molecule has 0 aliphatic carbocycles. The minimum Gasteiger partial charge on any atom is -0.493 e. The van der Waals surface area contributed by atoms with Gasteiger partial charge in [0.1, 0.15) is 0 Å². The predicted molar refractivity (Wildman–Crippen MR) is 97.5 cm³/mol. The Morgan fingerprint density at radius 3 is 2.28 bits per heavy atom. The van der Waals surface area contributed by atoms with Crippen molar-refractivity contribution in [2.45, 2.75) is 4.90 Å². The Hall–Kier alpha value is -2.10. The SMILES string of the molecule is COc1ccc(S(=O)(=O)NCC(=O)Nc2ccc(Br)cc2)cc1OC. The first-order chi connectivity index (χ1) is 11.9. The van der Waals surface area contributed by atoms with Crippen LogP contribution in [0.25, 0.3) is 0 Å². The van der Waals surface area contributed by atoms with Gasteiger partial charge in [0.2, 0.25) is 15.9 Å². The largest absolute Gasteiger partial charge is 0.493 e. The van der Waals surface area contributed by atoms with E-state index >= 15 is 0 Å². The lowest BCUT2D eigenvalue weighted by Gasteiger charge is -2.11. The van der Waals surface area contributed by atoms with Crippen molar-refractivity contribution in [3.63, 3.8) is 0 Å². The third kappa shape index (κ3) is 5.18. The second-order valence-electron chi connectivity index (χ2n) is 4.90. The molecule has 0 saturated carbocycles. The van der Waals surface area contributed by atoms with Gasteiger partial charge in [-0.2, -0.15) is 0 Å². The number of rotatable bonds is 7. The van der Waals surface area contributed by atoms with E-state index in [0.717, 1.165) is 4.47 Å². The predicted octanol–water partition coefficient (Wildman–Crippen LogP) is 2.38. The normalized spacial score (nSPS) is 11.0. The van der Waals surface area contributed by atoms with E-state index in [-0.39, 0.29) is 10.6 Å². The summed E-state index contributed by atoms with van der Waals surface area (Å²) in [7, 11) is -1.00. The zero-order chi connectivity index (χ0) is 18.4. The number of anilines is 1. The highest BCUT2D eigenvalue weighted by atomic mass is 79.9. The van der Waals surface area contributed by atoms with Gasteiger partial charge in [-0.15, -0.1) is 0 Å². The summed E-state index contributed by atoms with van der Waals surface area (Å²) in [6.45, 7) is -0.396. The van der Waals surface area contributed by atoms with Crippen molar-refractivity contribution < 1.29 is 22.7 Å². The van der Waals surface area contributed by atoms with Gasteiger partial charge in [-0.05, 0) is 36.4 Å². The Labute approximate surface area is 154 Å². The van der Waals surface area contributed by atoms with E-state index in [4.69, 9.17) is 9.47 Å². The number of sulfonamides is 1. The Bertz CT molecular complexity index is 853. The van der Waals surface area contributed by atoms with Gasteiger partial charge in [0.15, 0.2) is 11.5 Å². The van der Waals surface area contributed by atoms with E-state index in [0.29, 0.717) is 11.4 Å². The molecule has 25 heavy (non-hydrogen) atoms. The molecule has 7 nitrogen and oxygen atoms in total. The monoisotopic (exact) mass is 428 g/mol. The molecule has 134 valence electrons. The van der Waals surface area contributed by atoms with Crippen molar-refractivity contribution in [1.82, 2.24) is 4.72 Å². The molecule has 0 aliphatic heterocycles. The van der Waals surface area contributed by atoms with Crippen LogP contribution >= 0.6 is 15.9 Å².